The molecule has 0 aromatic carbocycles. The van der Waals surface area contributed by atoms with E-state index in [0.29, 0.717) is 5.52 Å². The molecule has 21 heavy (non-hydrogen) atoms. The lowest BCUT2D eigenvalue weighted by Gasteiger charge is -2.22. The smallest absolute Gasteiger partial charge is 0.231 e. The molecule has 0 aliphatic carbocycles. The number of aliphatic hydroxyl groups excluding tert-OH is 2. The van der Waals surface area contributed by atoms with Crippen molar-refractivity contribution in [2.75, 3.05) is 12.3 Å². The van der Waals surface area contributed by atoms with Crippen molar-refractivity contribution in [1.29, 1.82) is 5.26 Å². The van der Waals surface area contributed by atoms with Gasteiger partial charge in [0, 0.05) is 0 Å². The van der Waals surface area contributed by atoms with E-state index < -0.39 is 30.6 Å². The maximum atomic E-state index is 14.5. The van der Waals surface area contributed by atoms with Gasteiger partial charge in [-0.2, -0.15) is 10.4 Å². The van der Waals surface area contributed by atoms with Crippen LogP contribution in [0.2, 0.25) is 0 Å². The lowest BCUT2D eigenvalue weighted by molar-refractivity contribution is -0.0566. The third kappa shape index (κ3) is 1.70. The summed E-state index contributed by atoms with van der Waals surface area (Å²) in [6, 6.07) is 4.70. The molecule has 1 aliphatic heterocycles. The highest BCUT2D eigenvalue weighted by atomic mass is 19.1. The lowest BCUT2D eigenvalue weighted by Crippen LogP contribution is -2.37. The van der Waals surface area contributed by atoms with E-state index in [4.69, 9.17) is 15.6 Å². The van der Waals surface area contributed by atoms with Crippen molar-refractivity contribution in [3.8, 4) is 6.07 Å². The van der Waals surface area contributed by atoms with Gasteiger partial charge in [0.25, 0.3) is 0 Å². The first-order valence-corrected chi connectivity index (χ1v) is 6.16. The Morgan fingerprint density at radius 3 is 2.95 bits per heavy atom. The maximum absolute atomic E-state index is 14.5. The summed E-state index contributed by atoms with van der Waals surface area (Å²) in [4.78, 5) is 3.80. The number of nitrogens with zero attached hydrogens (tertiary/aromatic N) is 4. The molecular weight excluding hydrogens is 281 g/mol. The van der Waals surface area contributed by atoms with Gasteiger partial charge in [0.2, 0.25) is 5.60 Å². The first-order chi connectivity index (χ1) is 10.0. The third-order valence-electron chi connectivity index (χ3n) is 3.61. The Bertz CT molecular complexity index is 729. The second kappa shape index (κ2) is 4.63. The lowest BCUT2D eigenvalue weighted by atomic mass is 9.94. The van der Waals surface area contributed by atoms with Crippen LogP contribution in [0.15, 0.2) is 18.5 Å². The molecule has 0 spiro atoms. The fourth-order valence-corrected chi connectivity index (χ4v) is 2.53. The summed E-state index contributed by atoms with van der Waals surface area (Å²) in [7, 11) is 0. The number of nitriles is 1. The van der Waals surface area contributed by atoms with E-state index in [9.17, 15) is 14.8 Å². The van der Waals surface area contributed by atoms with Gasteiger partial charge in [-0.15, -0.1) is 0 Å². The number of rotatable bonds is 2. The zero-order valence-corrected chi connectivity index (χ0v) is 10.7. The van der Waals surface area contributed by atoms with Crippen LogP contribution in [0.4, 0.5) is 10.2 Å². The van der Waals surface area contributed by atoms with Gasteiger partial charge in [0.15, 0.2) is 12.0 Å². The SMILES string of the molecule is N#CC1(c2ccc3c(N)ncnn23)O[C@H](CO)[C@@H](O)[C@H]1F. The molecule has 1 aliphatic rings. The summed E-state index contributed by atoms with van der Waals surface area (Å²) in [6.45, 7) is -0.606. The molecule has 2 aromatic heterocycles. The predicted molar refractivity (Wildman–Crippen MR) is 67.6 cm³/mol. The number of halogens is 1. The van der Waals surface area contributed by atoms with Crippen molar-refractivity contribution in [3.05, 3.63) is 24.2 Å². The Morgan fingerprint density at radius 1 is 1.57 bits per heavy atom. The van der Waals surface area contributed by atoms with Gasteiger partial charge in [-0.05, 0) is 12.1 Å². The van der Waals surface area contributed by atoms with Crippen molar-refractivity contribution in [3.63, 3.8) is 0 Å². The average Bonchev–Trinajstić information content (AvgIpc) is 3.03. The molecule has 9 heteroatoms. The molecule has 4 atom stereocenters. The van der Waals surface area contributed by atoms with Crippen LogP contribution >= 0.6 is 0 Å². The van der Waals surface area contributed by atoms with Crippen LogP contribution in [-0.2, 0) is 10.3 Å². The van der Waals surface area contributed by atoms with Crippen LogP contribution < -0.4 is 5.73 Å². The van der Waals surface area contributed by atoms with Gasteiger partial charge in [-0.25, -0.2) is 13.9 Å². The minimum Gasteiger partial charge on any atom is -0.394 e. The number of hydrogen-bond acceptors (Lipinski definition) is 7. The van der Waals surface area contributed by atoms with Gasteiger partial charge in [-0.1, -0.05) is 0 Å². The number of alkyl halides is 1. The Balaban J connectivity index is 2.20. The summed E-state index contributed by atoms with van der Waals surface area (Å²) in [5.41, 5.74) is 4.09. The number of aliphatic hydroxyl groups is 2. The first-order valence-electron chi connectivity index (χ1n) is 6.16. The van der Waals surface area contributed by atoms with E-state index in [-0.39, 0.29) is 11.5 Å². The number of fused-ring (bicyclic) bond motifs is 1. The molecule has 2 aromatic rings. The third-order valence-corrected chi connectivity index (χ3v) is 3.61. The average molecular weight is 293 g/mol. The maximum Gasteiger partial charge on any atom is 0.231 e. The molecule has 4 N–H and O–H groups in total. The second-order valence-corrected chi connectivity index (χ2v) is 4.74. The number of nitrogen functional groups attached to an aromatic ring is 1. The van der Waals surface area contributed by atoms with E-state index in [0.717, 1.165) is 0 Å². The highest BCUT2D eigenvalue weighted by Crippen LogP contribution is 2.41. The van der Waals surface area contributed by atoms with Gasteiger partial charge < -0.3 is 20.7 Å². The quantitative estimate of drug-likeness (QED) is 0.655. The van der Waals surface area contributed by atoms with Crippen molar-refractivity contribution in [1.82, 2.24) is 14.6 Å². The Labute approximate surface area is 118 Å². The van der Waals surface area contributed by atoms with Crippen LogP contribution in [0, 0.1) is 11.3 Å². The molecule has 0 radical (unpaired) electrons. The van der Waals surface area contributed by atoms with E-state index >= 15 is 0 Å². The molecule has 0 bridgehead atoms. The van der Waals surface area contributed by atoms with Crippen molar-refractivity contribution in [2.24, 2.45) is 0 Å². The van der Waals surface area contributed by atoms with E-state index in [1.807, 2.05) is 0 Å². The highest BCUT2D eigenvalue weighted by Gasteiger charge is 2.58. The molecule has 1 unspecified atom stereocenters. The zero-order valence-electron chi connectivity index (χ0n) is 10.7. The van der Waals surface area contributed by atoms with Crippen LogP contribution in [0.25, 0.3) is 5.52 Å². The highest BCUT2D eigenvalue weighted by molar-refractivity contribution is 5.66. The topological polar surface area (TPSA) is 130 Å². The largest absolute Gasteiger partial charge is 0.394 e. The number of aromatic nitrogens is 3. The zero-order chi connectivity index (χ0) is 15.2. The summed E-state index contributed by atoms with van der Waals surface area (Å²) in [5.74, 6) is 0.164. The molecule has 3 rings (SSSR count). The van der Waals surface area contributed by atoms with Crippen LogP contribution in [0.5, 0.6) is 0 Å². The van der Waals surface area contributed by atoms with Crippen LogP contribution in [0.3, 0.4) is 0 Å². The summed E-state index contributed by atoms with van der Waals surface area (Å²) in [6.07, 6.45) is -3.67. The second-order valence-electron chi connectivity index (χ2n) is 4.74. The number of ether oxygens (including phenoxy) is 1. The van der Waals surface area contributed by atoms with Crippen molar-refractivity contribution < 1.29 is 19.3 Å². The molecule has 0 saturated carbocycles. The molecule has 8 nitrogen and oxygen atoms in total. The molecule has 1 fully saturated rings. The number of hydrogen-bond donors (Lipinski definition) is 3. The fraction of sp³-hybridized carbons (Fsp3) is 0.417. The minimum atomic E-state index is -2.07. The number of anilines is 1. The standard InChI is InChI=1S/C12H12FN5O3/c13-10-9(20)7(3-19)21-12(10,4-14)8-2-1-6-11(15)16-5-17-18(6)8/h1-2,5,7,9-10,19-20H,3H2,(H2,15,16,17)/t7-,9-,10-,12?/m1/s1. The van der Waals surface area contributed by atoms with E-state index in [1.54, 1.807) is 6.07 Å². The summed E-state index contributed by atoms with van der Waals surface area (Å²) in [5, 5.41) is 32.3. The Hall–Kier alpha value is -2.28. The van der Waals surface area contributed by atoms with Gasteiger partial charge in [0.1, 0.15) is 30.1 Å². The minimum absolute atomic E-state index is 0.0802. The molecule has 0 amide bonds. The van der Waals surface area contributed by atoms with Gasteiger partial charge >= 0.3 is 0 Å². The predicted octanol–water partition coefficient (Wildman–Crippen LogP) is -0.880. The van der Waals surface area contributed by atoms with E-state index in [1.165, 1.54) is 23.0 Å². The molecule has 110 valence electrons. The summed E-state index contributed by atoms with van der Waals surface area (Å²) >= 11 is 0. The molecule has 3 heterocycles. The Kier molecular flexibility index (Phi) is 3.02. The monoisotopic (exact) mass is 293 g/mol. The van der Waals surface area contributed by atoms with Gasteiger partial charge in [0.05, 0.1) is 12.3 Å². The fourth-order valence-electron chi connectivity index (χ4n) is 2.53. The van der Waals surface area contributed by atoms with Crippen molar-refractivity contribution in [2.45, 2.75) is 24.0 Å². The van der Waals surface area contributed by atoms with Crippen LogP contribution in [0.1, 0.15) is 5.69 Å². The van der Waals surface area contributed by atoms with Gasteiger partial charge in [-0.3, -0.25) is 0 Å². The summed E-state index contributed by atoms with van der Waals surface area (Å²) < 4.78 is 21.0. The number of nitrogens with two attached hydrogens (primary N) is 1. The Morgan fingerprint density at radius 2 is 2.33 bits per heavy atom. The normalized spacial score (nSPS) is 32.4. The van der Waals surface area contributed by atoms with Crippen LogP contribution in [-0.4, -0.2) is 49.8 Å². The first kappa shape index (κ1) is 13.7. The van der Waals surface area contributed by atoms with Crippen molar-refractivity contribution >= 4 is 11.3 Å². The molecule has 1 saturated heterocycles. The van der Waals surface area contributed by atoms with E-state index in [2.05, 4.69) is 10.1 Å². The molecular formula is C12H12FN5O3.